The molecule has 0 heterocycles. The van der Waals surface area contributed by atoms with Crippen LogP contribution in [0.4, 0.5) is 0 Å². The van der Waals surface area contributed by atoms with E-state index < -0.39 is 0 Å². The molecule has 12 heavy (non-hydrogen) atoms. The molecule has 0 unspecified atom stereocenters. The average molecular weight is 176 g/mol. The minimum absolute atomic E-state index is 0.186. The van der Waals surface area contributed by atoms with Gasteiger partial charge in [-0.05, 0) is 22.7 Å². The van der Waals surface area contributed by atoms with E-state index in [1.54, 1.807) is 0 Å². The minimum atomic E-state index is -0.186. The van der Waals surface area contributed by atoms with Gasteiger partial charge in [-0.15, -0.1) is 0 Å². The van der Waals surface area contributed by atoms with E-state index in [4.69, 9.17) is 4.80 Å². The lowest BCUT2D eigenvalue weighted by Gasteiger charge is -2.06. The molecule has 0 spiro atoms. The first-order valence-corrected chi connectivity index (χ1v) is 4.91. The summed E-state index contributed by atoms with van der Waals surface area (Å²) in [5, 5.41) is 0.826. The topological polar surface area (TPSA) is 20.2 Å². The molecule has 0 aliphatic heterocycles. The first kappa shape index (κ1) is 9.23. The first-order chi connectivity index (χ1) is 5.79. The van der Waals surface area contributed by atoms with Gasteiger partial charge in [0.1, 0.15) is 0 Å². The Morgan fingerprint density at radius 2 is 2.17 bits per heavy atom. The second-order valence-corrected chi connectivity index (χ2v) is 3.43. The molecule has 1 N–H and O–H groups in total. The lowest BCUT2D eigenvalue weighted by molar-refractivity contribution is 0.616. The SMILES string of the molecule is C=C([Si]O)c1ccccc1CC. The molecule has 1 aromatic carbocycles. The minimum Gasteiger partial charge on any atom is -0.428 e. The summed E-state index contributed by atoms with van der Waals surface area (Å²) in [6.45, 7) is 5.92. The van der Waals surface area contributed by atoms with Crippen molar-refractivity contribution in [3.8, 4) is 0 Å². The first-order valence-electron chi connectivity index (χ1n) is 3.97. The maximum absolute atomic E-state index is 8.94. The van der Waals surface area contributed by atoms with E-state index in [2.05, 4.69) is 19.6 Å². The molecule has 0 saturated carbocycles. The molecule has 2 heteroatoms. The number of benzene rings is 1. The molecule has 0 saturated heterocycles. The molecule has 62 valence electrons. The van der Waals surface area contributed by atoms with Crippen molar-refractivity contribution in [1.29, 1.82) is 0 Å². The molecular weight excluding hydrogens is 164 g/mol. The summed E-state index contributed by atoms with van der Waals surface area (Å²) in [7, 11) is -0.186. The zero-order chi connectivity index (χ0) is 8.97. The Morgan fingerprint density at radius 1 is 1.50 bits per heavy atom. The quantitative estimate of drug-likeness (QED) is 0.697. The third kappa shape index (κ3) is 1.84. The van der Waals surface area contributed by atoms with Gasteiger partial charge < -0.3 is 4.80 Å². The normalized spacial score (nSPS) is 9.83. The van der Waals surface area contributed by atoms with E-state index >= 15 is 0 Å². The number of hydrogen-bond donors (Lipinski definition) is 1. The predicted molar refractivity (Wildman–Crippen MR) is 52.8 cm³/mol. The summed E-state index contributed by atoms with van der Waals surface area (Å²) in [5.41, 5.74) is 2.35. The van der Waals surface area contributed by atoms with Crippen molar-refractivity contribution in [3.05, 3.63) is 42.0 Å². The Balaban J connectivity index is 3.04. The van der Waals surface area contributed by atoms with E-state index in [-0.39, 0.29) is 9.76 Å². The van der Waals surface area contributed by atoms with Gasteiger partial charge in [-0.25, -0.2) is 0 Å². The molecule has 0 fully saturated rings. The van der Waals surface area contributed by atoms with Gasteiger partial charge in [0.25, 0.3) is 9.76 Å². The van der Waals surface area contributed by atoms with Crippen molar-refractivity contribution in [2.24, 2.45) is 0 Å². The zero-order valence-electron chi connectivity index (χ0n) is 7.17. The van der Waals surface area contributed by atoms with Crippen LogP contribution in [-0.2, 0) is 6.42 Å². The lowest BCUT2D eigenvalue weighted by Crippen LogP contribution is -1.96. The van der Waals surface area contributed by atoms with Gasteiger partial charge in [0.05, 0.1) is 0 Å². The van der Waals surface area contributed by atoms with Crippen molar-refractivity contribution in [2.75, 3.05) is 0 Å². The summed E-state index contributed by atoms with van der Waals surface area (Å²) in [5.74, 6) is 0. The Hall–Kier alpha value is -0.863. The largest absolute Gasteiger partial charge is 0.428 e. The van der Waals surface area contributed by atoms with E-state index in [1.165, 1.54) is 5.56 Å². The number of aryl methyl sites for hydroxylation is 1. The lowest BCUT2D eigenvalue weighted by atomic mass is 10.1. The van der Waals surface area contributed by atoms with Crippen LogP contribution < -0.4 is 0 Å². The molecule has 0 aliphatic rings. The molecule has 1 rings (SSSR count). The van der Waals surface area contributed by atoms with Crippen LogP contribution in [0, 0.1) is 0 Å². The van der Waals surface area contributed by atoms with Gasteiger partial charge in [0.2, 0.25) is 0 Å². The molecule has 1 nitrogen and oxygen atoms in total. The van der Waals surface area contributed by atoms with Crippen LogP contribution in [0.5, 0.6) is 0 Å². The summed E-state index contributed by atoms with van der Waals surface area (Å²) in [6, 6.07) is 8.06. The van der Waals surface area contributed by atoms with Crippen LogP contribution in [0.1, 0.15) is 18.1 Å². The van der Waals surface area contributed by atoms with Crippen molar-refractivity contribution in [3.63, 3.8) is 0 Å². The second kappa shape index (κ2) is 4.23. The standard InChI is InChI=1S/C10H12OSi/c1-3-9-6-4-5-7-10(9)8(2)12-11/h4-7,11H,2-3H2,1H3. The Morgan fingerprint density at radius 3 is 2.75 bits per heavy atom. The Labute approximate surface area is 75.7 Å². The van der Waals surface area contributed by atoms with E-state index in [0.717, 1.165) is 17.2 Å². The van der Waals surface area contributed by atoms with Gasteiger partial charge in [0.15, 0.2) is 0 Å². The van der Waals surface area contributed by atoms with Crippen LogP contribution in [0.25, 0.3) is 5.20 Å². The van der Waals surface area contributed by atoms with Crippen LogP contribution in [-0.4, -0.2) is 14.6 Å². The fourth-order valence-electron chi connectivity index (χ4n) is 1.18. The molecule has 2 radical (unpaired) electrons. The monoisotopic (exact) mass is 176 g/mol. The van der Waals surface area contributed by atoms with Crippen molar-refractivity contribution >= 4 is 15.0 Å². The van der Waals surface area contributed by atoms with Crippen molar-refractivity contribution < 1.29 is 4.80 Å². The summed E-state index contributed by atoms with van der Waals surface area (Å²) < 4.78 is 0. The zero-order valence-corrected chi connectivity index (χ0v) is 8.17. The van der Waals surface area contributed by atoms with Crippen molar-refractivity contribution in [1.82, 2.24) is 0 Å². The highest BCUT2D eigenvalue weighted by Gasteiger charge is 2.02. The van der Waals surface area contributed by atoms with Gasteiger partial charge in [0, 0.05) is 0 Å². The Bertz CT molecular complexity index is 281. The highest BCUT2D eigenvalue weighted by atomic mass is 28.2. The number of hydrogen-bond acceptors (Lipinski definition) is 1. The smallest absolute Gasteiger partial charge is 0.265 e. The average Bonchev–Trinajstić information content (AvgIpc) is 2.16. The van der Waals surface area contributed by atoms with Crippen LogP contribution in [0.15, 0.2) is 30.8 Å². The van der Waals surface area contributed by atoms with Gasteiger partial charge in [-0.2, -0.15) is 0 Å². The summed E-state index contributed by atoms with van der Waals surface area (Å²) in [4.78, 5) is 8.94. The van der Waals surface area contributed by atoms with E-state index in [9.17, 15) is 0 Å². The predicted octanol–water partition coefficient (Wildman–Crippen LogP) is 1.83. The third-order valence-corrected chi connectivity index (χ3v) is 2.40. The van der Waals surface area contributed by atoms with Crippen LogP contribution in [0.3, 0.4) is 0 Å². The maximum Gasteiger partial charge on any atom is 0.265 e. The van der Waals surface area contributed by atoms with Gasteiger partial charge >= 0.3 is 0 Å². The summed E-state index contributed by atoms with van der Waals surface area (Å²) in [6.07, 6.45) is 0.986. The van der Waals surface area contributed by atoms with Gasteiger partial charge in [-0.3, -0.25) is 0 Å². The highest BCUT2D eigenvalue weighted by Crippen LogP contribution is 2.16. The highest BCUT2D eigenvalue weighted by molar-refractivity contribution is 6.53. The maximum atomic E-state index is 8.94. The van der Waals surface area contributed by atoms with Crippen LogP contribution >= 0.6 is 0 Å². The molecule has 0 amide bonds. The fraction of sp³-hybridized carbons (Fsp3) is 0.200. The molecular formula is C10H12OSi. The van der Waals surface area contributed by atoms with Gasteiger partial charge in [-0.1, -0.05) is 37.8 Å². The Kier molecular flexibility index (Phi) is 3.26. The van der Waals surface area contributed by atoms with E-state index in [0.29, 0.717) is 0 Å². The third-order valence-electron chi connectivity index (χ3n) is 1.86. The number of rotatable bonds is 3. The molecule has 1 aromatic rings. The van der Waals surface area contributed by atoms with Crippen LogP contribution in [0.2, 0.25) is 0 Å². The molecule has 0 atom stereocenters. The molecule has 0 aliphatic carbocycles. The van der Waals surface area contributed by atoms with Crippen molar-refractivity contribution in [2.45, 2.75) is 13.3 Å². The molecule has 0 bridgehead atoms. The van der Waals surface area contributed by atoms with E-state index in [1.807, 2.05) is 18.2 Å². The summed E-state index contributed by atoms with van der Waals surface area (Å²) >= 11 is 0. The second-order valence-electron chi connectivity index (χ2n) is 2.60. The molecule has 0 aromatic heterocycles. The fourth-order valence-corrected chi connectivity index (χ4v) is 1.55.